The molecule has 0 aliphatic heterocycles. The first-order valence-corrected chi connectivity index (χ1v) is 9.55. The number of rotatable bonds is 4. The maximum absolute atomic E-state index is 12.5. The molecule has 0 aromatic carbocycles. The Bertz CT molecular complexity index is 997. The summed E-state index contributed by atoms with van der Waals surface area (Å²) in [5, 5.41) is 3.98. The van der Waals surface area contributed by atoms with Gasteiger partial charge >= 0.3 is 0 Å². The van der Waals surface area contributed by atoms with Gasteiger partial charge in [-0.2, -0.15) is 0 Å². The normalized spacial score (nSPS) is 13.0. The van der Waals surface area contributed by atoms with Gasteiger partial charge in [0.05, 0.1) is 11.9 Å². The maximum Gasteiger partial charge on any atom is 0.245 e. The molecule has 26 heavy (non-hydrogen) atoms. The van der Waals surface area contributed by atoms with E-state index < -0.39 is 0 Å². The summed E-state index contributed by atoms with van der Waals surface area (Å²) < 4.78 is 0. The first-order chi connectivity index (χ1) is 12.5. The maximum atomic E-state index is 12.5. The first-order valence-electron chi connectivity index (χ1n) is 8.74. The summed E-state index contributed by atoms with van der Waals surface area (Å²) in [6, 6.07) is 3.76. The van der Waals surface area contributed by atoms with Crippen LogP contribution in [0.3, 0.4) is 0 Å². The van der Waals surface area contributed by atoms with Crippen LogP contribution in [0.5, 0.6) is 0 Å². The number of nitrogens with zero attached hydrogens (tertiary/aromatic N) is 4. The molecule has 1 aliphatic carbocycles. The van der Waals surface area contributed by atoms with Crippen molar-refractivity contribution < 1.29 is 4.79 Å². The fourth-order valence-corrected chi connectivity index (χ4v) is 4.74. The lowest BCUT2D eigenvalue weighted by atomic mass is 10.2. The molecule has 3 heterocycles. The van der Waals surface area contributed by atoms with Gasteiger partial charge in [0, 0.05) is 18.1 Å². The number of carbonyl (C=O) groups excluding carboxylic acids is 1. The van der Waals surface area contributed by atoms with E-state index >= 15 is 0 Å². The van der Waals surface area contributed by atoms with Crippen molar-refractivity contribution in [1.29, 1.82) is 0 Å². The van der Waals surface area contributed by atoms with Crippen molar-refractivity contribution in [3.05, 3.63) is 40.2 Å². The summed E-state index contributed by atoms with van der Waals surface area (Å²) >= 11 is 1.77. The number of pyridine rings is 1. The topological polar surface area (TPSA) is 71.0 Å². The lowest BCUT2D eigenvalue weighted by Gasteiger charge is -2.19. The van der Waals surface area contributed by atoms with Crippen molar-refractivity contribution in [3.8, 4) is 0 Å². The van der Waals surface area contributed by atoms with E-state index in [4.69, 9.17) is 0 Å². The second-order valence-corrected chi connectivity index (χ2v) is 7.84. The smallest absolute Gasteiger partial charge is 0.245 e. The van der Waals surface area contributed by atoms with Crippen molar-refractivity contribution in [3.63, 3.8) is 0 Å². The van der Waals surface area contributed by atoms with Gasteiger partial charge in [-0.1, -0.05) is 0 Å². The summed E-state index contributed by atoms with van der Waals surface area (Å²) in [5.41, 5.74) is 2.43. The molecule has 1 N–H and O–H groups in total. The average Bonchev–Trinajstić information content (AvgIpc) is 3.14. The van der Waals surface area contributed by atoms with E-state index in [1.807, 2.05) is 37.9 Å². The zero-order chi connectivity index (χ0) is 18.3. The number of anilines is 2. The number of aromatic nitrogens is 3. The van der Waals surface area contributed by atoms with E-state index in [1.54, 1.807) is 17.5 Å². The molecule has 0 bridgehead atoms. The molecular formula is C19H21N5OS. The van der Waals surface area contributed by atoms with Gasteiger partial charge in [-0.3, -0.25) is 4.79 Å². The molecule has 3 aromatic heterocycles. The van der Waals surface area contributed by atoms with Crippen LogP contribution in [0.2, 0.25) is 0 Å². The van der Waals surface area contributed by atoms with Crippen LogP contribution in [0.15, 0.2) is 18.3 Å². The number of thiophene rings is 1. The molecule has 0 spiro atoms. The van der Waals surface area contributed by atoms with E-state index in [-0.39, 0.29) is 12.5 Å². The first kappa shape index (κ1) is 16.9. The third kappa shape index (κ3) is 3.14. The predicted molar refractivity (Wildman–Crippen MR) is 105 cm³/mol. The molecule has 0 saturated heterocycles. The Balaban J connectivity index is 1.60. The highest BCUT2D eigenvalue weighted by Gasteiger charge is 2.24. The summed E-state index contributed by atoms with van der Waals surface area (Å²) in [4.78, 5) is 30.3. The number of aryl methyl sites for hydroxylation is 4. The van der Waals surface area contributed by atoms with Crippen LogP contribution < -0.4 is 10.2 Å². The molecule has 4 rings (SSSR count). The lowest BCUT2D eigenvalue weighted by Crippen LogP contribution is -2.31. The Hall–Kier alpha value is -2.54. The van der Waals surface area contributed by atoms with Gasteiger partial charge in [0.15, 0.2) is 0 Å². The number of fused-ring (bicyclic) bond motifs is 3. The molecule has 0 atom stereocenters. The van der Waals surface area contributed by atoms with Crippen molar-refractivity contribution in [2.24, 2.45) is 0 Å². The Kier molecular flexibility index (Phi) is 4.32. The Morgan fingerprint density at radius 2 is 2.15 bits per heavy atom. The quantitative estimate of drug-likeness (QED) is 0.766. The highest BCUT2D eigenvalue weighted by molar-refractivity contribution is 7.19. The van der Waals surface area contributed by atoms with E-state index in [9.17, 15) is 4.79 Å². The van der Waals surface area contributed by atoms with Crippen LogP contribution in [0.1, 0.15) is 28.2 Å². The molecule has 7 heteroatoms. The molecular weight excluding hydrogens is 346 g/mol. The fraction of sp³-hybridized carbons (Fsp3) is 0.368. The van der Waals surface area contributed by atoms with E-state index in [1.165, 1.54) is 16.9 Å². The Morgan fingerprint density at radius 1 is 1.31 bits per heavy atom. The summed E-state index contributed by atoms with van der Waals surface area (Å²) in [7, 11) is 1.91. The van der Waals surface area contributed by atoms with Crippen LogP contribution in [-0.4, -0.2) is 34.5 Å². The van der Waals surface area contributed by atoms with E-state index in [0.717, 1.165) is 40.3 Å². The van der Waals surface area contributed by atoms with Crippen molar-refractivity contribution in [2.45, 2.75) is 33.1 Å². The highest BCUT2D eigenvalue weighted by Crippen LogP contribution is 2.40. The Labute approximate surface area is 156 Å². The minimum absolute atomic E-state index is 0.109. The van der Waals surface area contributed by atoms with Gasteiger partial charge in [-0.15, -0.1) is 11.3 Å². The van der Waals surface area contributed by atoms with Crippen LogP contribution >= 0.6 is 11.3 Å². The minimum Gasteiger partial charge on any atom is -0.350 e. The minimum atomic E-state index is -0.109. The molecule has 0 radical (unpaired) electrons. The van der Waals surface area contributed by atoms with E-state index in [2.05, 4.69) is 20.3 Å². The SMILES string of the molecule is Cc1ccnc(NC(=O)CN(C)c2nc(C)nc3sc4c(c23)CCC4)c1. The zero-order valence-electron chi connectivity index (χ0n) is 15.2. The monoisotopic (exact) mass is 367 g/mol. The van der Waals surface area contributed by atoms with Crippen molar-refractivity contribution in [1.82, 2.24) is 15.0 Å². The van der Waals surface area contributed by atoms with Crippen molar-refractivity contribution >= 4 is 39.1 Å². The second kappa shape index (κ2) is 6.64. The molecule has 1 aliphatic rings. The zero-order valence-corrected chi connectivity index (χ0v) is 16.0. The standard InChI is InChI=1S/C19H21N5OS/c1-11-7-8-20-15(9-11)23-16(25)10-24(3)18-17-13-5-4-6-14(13)26-19(17)22-12(2)21-18/h7-9H,4-6,10H2,1-3H3,(H,20,23,25). The fourth-order valence-electron chi connectivity index (χ4n) is 3.43. The van der Waals surface area contributed by atoms with E-state index in [0.29, 0.717) is 5.82 Å². The summed E-state index contributed by atoms with van der Waals surface area (Å²) in [5.74, 6) is 2.05. The van der Waals surface area contributed by atoms with Gasteiger partial charge in [-0.05, 0) is 56.4 Å². The van der Waals surface area contributed by atoms with Gasteiger partial charge in [0.1, 0.15) is 22.3 Å². The third-order valence-corrected chi connectivity index (χ3v) is 5.77. The Morgan fingerprint density at radius 3 is 2.96 bits per heavy atom. The third-order valence-electron chi connectivity index (χ3n) is 4.58. The number of hydrogen-bond acceptors (Lipinski definition) is 6. The molecule has 1 amide bonds. The number of carbonyl (C=O) groups is 1. The largest absolute Gasteiger partial charge is 0.350 e. The molecule has 3 aromatic rings. The number of likely N-dealkylation sites (N-methyl/N-ethyl adjacent to an activating group) is 1. The highest BCUT2D eigenvalue weighted by atomic mass is 32.1. The van der Waals surface area contributed by atoms with Crippen LogP contribution in [-0.2, 0) is 17.6 Å². The molecule has 0 fully saturated rings. The molecule has 0 saturated carbocycles. The van der Waals surface area contributed by atoms with Gasteiger partial charge < -0.3 is 10.2 Å². The number of amides is 1. The number of hydrogen-bond donors (Lipinski definition) is 1. The van der Waals surface area contributed by atoms with Gasteiger partial charge in [-0.25, -0.2) is 15.0 Å². The van der Waals surface area contributed by atoms with Crippen LogP contribution in [0.4, 0.5) is 11.6 Å². The van der Waals surface area contributed by atoms with Gasteiger partial charge in [0.25, 0.3) is 0 Å². The van der Waals surface area contributed by atoms with Gasteiger partial charge in [0.2, 0.25) is 5.91 Å². The summed E-state index contributed by atoms with van der Waals surface area (Å²) in [6.45, 7) is 4.09. The van der Waals surface area contributed by atoms with Crippen molar-refractivity contribution in [2.75, 3.05) is 23.8 Å². The van der Waals surface area contributed by atoms with Crippen LogP contribution in [0, 0.1) is 13.8 Å². The molecule has 0 unspecified atom stereocenters. The average molecular weight is 367 g/mol. The second-order valence-electron chi connectivity index (χ2n) is 6.75. The lowest BCUT2D eigenvalue weighted by molar-refractivity contribution is -0.114. The molecule has 134 valence electrons. The van der Waals surface area contributed by atoms with Crippen LogP contribution in [0.25, 0.3) is 10.2 Å². The molecule has 6 nitrogen and oxygen atoms in total. The summed E-state index contributed by atoms with van der Waals surface area (Å²) in [6.07, 6.45) is 5.08. The predicted octanol–water partition coefficient (Wildman–Crippen LogP) is 3.27. The number of nitrogens with one attached hydrogen (secondary N) is 1.